The molecule has 0 aromatic rings. The van der Waals surface area contributed by atoms with Crippen molar-refractivity contribution in [2.45, 2.75) is 39.3 Å². The molecular weight excluding hydrogens is 228 g/mol. The van der Waals surface area contributed by atoms with Crippen molar-refractivity contribution < 1.29 is 9.53 Å². The first-order chi connectivity index (χ1) is 7.00. The number of morpholine rings is 1. The normalized spacial score (nSPS) is 22.8. The Morgan fingerprint density at radius 1 is 1.50 bits per heavy atom. The van der Waals surface area contributed by atoms with Gasteiger partial charge in [-0.2, -0.15) is 0 Å². The maximum absolute atomic E-state index is 11.8. The minimum absolute atomic E-state index is 0. The Balaban J connectivity index is 0.00000225. The van der Waals surface area contributed by atoms with Gasteiger partial charge in [0.1, 0.15) is 0 Å². The molecule has 1 saturated heterocycles. The van der Waals surface area contributed by atoms with Gasteiger partial charge in [-0.1, -0.05) is 13.8 Å². The Kier molecular flexibility index (Phi) is 6.95. The highest BCUT2D eigenvalue weighted by molar-refractivity contribution is 5.85. The van der Waals surface area contributed by atoms with Gasteiger partial charge in [-0.05, 0) is 12.8 Å². The maximum atomic E-state index is 11.8. The molecule has 96 valence electrons. The summed E-state index contributed by atoms with van der Waals surface area (Å²) in [5.74, 6) is 0.606. The van der Waals surface area contributed by atoms with Gasteiger partial charge in [-0.25, -0.2) is 0 Å². The molecule has 5 heteroatoms. The molecule has 0 spiro atoms. The van der Waals surface area contributed by atoms with E-state index in [1.165, 1.54) is 0 Å². The van der Waals surface area contributed by atoms with Crippen molar-refractivity contribution in [3.8, 4) is 0 Å². The van der Waals surface area contributed by atoms with E-state index >= 15 is 0 Å². The number of halogens is 1. The highest BCUT2D eigenvalue weighted by Gasteiger charge is 2.26. The van der Waals surface area contributed by atoms with E-state index in [1.807, 2.05) is 11.8 Å². The zero-order valence-corrected chi connectivity index (χ0v) is 11.1. The second-order valence-electron chi connectivity index (χ2n) is 4.67. The fourth-order valence-corrected chi connectivity index (χ4v) is 1.71. The number of carbonyl (C=O) groups excluding carboxylic acids is 1. The number of ether oxygens (including phenoxy) is 1. The van der Waals surface area contributed by atoms with Gasteiger partial charge in [0, 0.05) is 25.6 Å². The quantitative estimate of drug-likeness (QED) is 0.814. The van der Waals surface area contributed by atoms with E-state index in [4.69, 9.17) is 10.5 Å². The molecule has 1 amide bonds. The number of nitrogens with two attached hydrogens (primary N) is 1. The molecule has 0 aromatic heterocycles. The molecule has 1 heterocycles. The van der Waals surface area contributed by atoms with Gasteiger partial charge in [0.05, 0.1) is 12.7 Å². The third-order valence-electron chi connectivity index (χ3n) is 2.69. The fourth-order valence-electron chi connectivity index (χ4n) is 1.71. The van der Waals surface area contributed by atoms with Crippen LogP contribution in [-0.4, -0.2) is 42.6 Å². The third-order valence-corrected chi connectivity index (χ3v) is 2.69. The Bertz CT molecular complexity index is 222. The van der Waals surface area contributed by atoms with Crippen LogP contribution in [0.1, 0.15) is 27.2 Å². The van der Waals surface area contributed by atoms with E-state index < -0.39 is 0 Å². The van der Waals surface area contributed by atoms with Gasteiger partial charge in [0.15, 0.2) is 0 Å². The van der Waals surface area contributed by atoms with Crippen LogP contribution in [0.4, 0.5) is 0 Å². The van der Waals surface area contributed by atoms with Gasteiger partial charge in [-0.15, -0.1) is 12.4 Å². The monoisotopic (exact) mass is 250 g/mol. The topological polar surface area (TPSA) is 55.6 Å². The summed E-state index contributed by atoms with van der Waals surface area (Å²) < 4.78 is 5.60. The minimum Gasteiger partial charge on any atom is -0.374 e. The van der Waals surface area contributed by atoms with Crippen LogP contribution in [0.15, 0.2) is 0 Å². The highest BCUT2D eigenvalue weighted by atomic mass is 35.5. The Morgan fingerprint density at radius 2 is 2.12 bits per heavy atom. The number of nitrogens with zero attached hydrogens (tertiary/aromatic N) is 1. The van der Waals surface area contributed by atoms with E-state index in [-0.39, 0.29) is 30.5 Å². The molecule has 0 radical (unpaired) electrons. The number of rotatable bonds is 3. The highest BCUT2D eigenvalue weighted by Crippen LogP contribution is 2.14. The molecular formula is C11H23ClN2O2. The van der Waals surface area contributed by atoms with Crippen molar-refractivity contribution in [3.63, 3.8) is 0 Å². The average molecular weight is 251 g/mol. The van der Waals surface area contributed by atoms with Gasteiger partial charge in [-0.3, -0.25) is 4.79 Å². The van der Waals surface area contributed by atoms with Crippen LogP contribution in [0.2, 0.25) is 0 Å². The lowest BCUT2D eigenvalue weighted by Gasteiger charge is -2.35. The molecule has 16 heavy (non-hydrogen) atoms. The summed E-state index contributed by atoms with van der Waals surface area (Å²) >= 11 is 0. The molecule has 1 aliphatic heterocycles. The summed E-state index contributed by atoms with van der Waals surface area (Å²) in [6.45, 7) is 8.15. The van der Waals surface area contributed by atoms with Crippen LogP contribution in [0.5, 0.6) is 0 Å². The van der Waals surface area contributed by atoms with Crippen molar-refractivity contribution in [2.75, 3.05) is 19.7 Å². The molecule has 1 aliphatic rings. The molecule has 2 unspecified atom stereocenters. The summed E-state index contributed by atoms with van der Waals surface area (Å²) in [5.41, 5.74) is 5.62. The van der Waals surface area contributed by atoms with Crippen LogP contribution >= 0.6 is 12.4 Å². The second kappa shape index (κ2) is 7.09. The largest absolute Gasteiger partial charge is 0.374 e. The number of amides is 1. The third kappa shape index (κ3) is 4.68. The molecule has 0 saturated carbocycles. The zero-order chi connectivity index (χ0) is 11.4. The first-order valence-electron chi connectivity index (χ1n) is 5.65. The Morgan fingerprint density at radius 3 is 2.62 bits per heavy atom. The van der Waals surface area contributed by atoms with Crippen LogP contribution < -0.4 is 5.73 Å². The molecule has 0 aliphatic carbocycles. The van der Waals surface area contributed by atoms with Crippen molar-refractivity contribution >= 4 is 18.3 Å². The van der Waals surface area contributed by atoms with Crippen LogP contribution in [0.25, 0.3) is 0 Å². The fraction of sp³-hybridized carbons (Fsp3) is 0.909. The predicted octanol–water partition coefficient (Wildman–Crippen LogP) is 1.03. The minimum atomic E-state index is -0.0576. The van der Waals surface area contributed by atoms with Crippen molar-refractivity contribution in [1.29, 1.82) is 0 Å². The molecule has 2 atom stereocenters. The lowest BCUT2D eigenvalue weighted by Crippen LogP contribution is -2.48. The average Bonchev–Trinajstić information content (AvgIpc) is 2.17. The molecule has 1 fully saturated rings. The van der Waals surface area contributed by atoms with Gasteiger partial charge < -0.3 is 15.4 Å². The number of carbonyl (C=O) groups is 1. The lowest BCUT2D eigenvalue weighted by molar-refractivity contribution is -0.140. The lowest BCUT2D eigenvalue weighted by atomic mass is 10.1. The van der Waals surface area contributed by atoms with Crippen LogP contribution in [0, 0.1) is 5.92 Å². The first kappa shape index (κ1) is 15.7. The maximum Gasteiger partial charge on any atom is 0.224 e. The van der Waals surface area contributed by atoms with E-state index in [1.54, 1.807) is 0 Å². The van der Waals surface area contributed by atoms with E-state index in [0.717, 1.165) is 0 Å². The molecule has 0 bridgehead atoms. The molecule has 1 rings (SSSR count). The predicted molar refractivity (Wildman–Crippen MR) is 66.7 cm³/mol. The summed E-state index contributed by atoms with van der Waals surface area (Å²) in [6, 6.07) is -0.0576. The molecule has 4 nitrogen and oxygen atoms in total. The SMILES string of the molecule is CC(N)CC(=O)N1CCOC(C(C)C)C1.Cl. The number of hydrogen-bond acceptors (Lipinski definition) is 3. The van der Waals surface area contributed by atoms with Crippen molar-refractivity contribution in [3.05, 3.63) is 0 Å². The Hall–Kier alpha value is -0.320. The molecule has 2 N–H and O–H groups in total. The van der Waals surface area contributed by atoms with Gasteiger partial charge in [0.25, 0.3) is 0 Å². The van der Waals surface area contributed by atoms with E-state index in [9.17, 15) is 4.79 Å². The number of hydrogen-bond donors (Lipinski definition) is 1. The summed E-state index contributed by atoms with van der Waals surface area (Å²) in [6.07, 6.45) is 0.612. The first-order valence-corrected chi connectivity index (χ1v) is 5.65. The summed E-state index contributed by atoms with van der Waals surface area (Å²) in [4.78, 5) is 13.6. The van der Waals surface area contributed by atoms with E-state index in [2.05, 4.69) is 13.8 Å². The Labute approximate surface area is 104 Å². The molecule has 0 aromatic carbocycles. The standard InChI is InChI=1S/C11H22N2O2.ClH/c1-8(2)10-7-13(4-5-15-10)11(14)6-9(3)12;/h8-10H,4-7,12H2,1-3H3;1H. The van der Waals surface area contributed by atoms with E-state index in [0.29, 0.717) is 32.0 Å². The second-order valence-corrected chi connectivity index (χ2v) is 4.67. The smallest absolute Gasteiger partial charge is 0.224 e. The zero-order valence-electron chi connectivity index (χ0n) is 10.3. The summed E-state index contributed by atoms with van der Waals surface area (Å²) in [5, 5.41) is 0. The van der Waals surface area contributed by atoms with Gasteiger partial charge >= 0.3 is 0 Å². The van der Waals surface area contributed by atoms with Gasteiger partial charge in [0.2, 0.25) is 5.91 Å². The van der Waals surface area contributed by atoms with Crippen molar-refractivity contribution in [2.24, 2.45) is 11.7 Å². The van der Waals surface area contributed by atoms with Crippen LogP contribution in [-0.2, 0) is 9.53 Å². The summed E-state index contributed by atoms with van der Waals surface area (Å²) in [7, 11) is 0. The van der Waals surface area contributed by atoms with Crippen LogP contribution in [0.3, 0.4) is 0 Å². The van der Waals surface area contributed by atoms with Crippen molar-refractivity contribution in [1.82, 2.24) is 4.90 Å².